The lowest BCUT2D eigenvalue weighted by Gasteiger charge is -2.32. The van der Waals surface area contributed by atoms with Crippen molar-refractivity contribution in [2.24, 2.45) is 0 Å². The Hall–Kier alpha value is -14.8. The molecule has 738 valence electrons. The van der Waals surface area contributed by atoms with Crippen LogP contribution in [0.2, 0.25) is 0 Å². The Morgan fingerprint density at radius 2 is 0.859 bits per heavy atom. The smallest absolute Gasteiger partial charge is 0.423 e. The minimum atomic E-state index is -5.35. The van der Waals surface area contributed by atoms with Crippen molar-refractivity contribution in [1.29, 1.82) is 0 Å². The number of halogens is 14. The molecule has 12 heterocycles. The Morgan fingerprint density at radius 1 is 0.507 bits per heavy atom. The van der Waals surface area contributed by atoms with E-state index in [1.54, 1.807) is 69.9 Å². The van der Waals surface area contributed by atoms with Crippen molar-refractivity contribution in [2.75, 3.05) is 12.3 Å². The number of hydrogen-bond donors (Lipinski definition) is 5. The second-order valence-corrected chi connectivity index (χ2v) is 33.9. The van der Waals surface area contributed by atoms with Crippen LogP contribution in [-0.2, 0) is 43.2 Å². The summed E-state index contributed by atoms with van der Waals surface area (Å²) < 4.78 is 171. The maximum absolute atomic E-state index is 13.4. The third-order valence-corrected chi connectivity index (χ3v) is 24.0. The number of nitro groups is 4. The van der Waals surface area contributed by atoms with Gasteiger partial charge in [-0.3, -0.25) is 4.18 Å². The zero-order valence-electron chi connectivity index (χ0n) is 74.9. The van der Waals surface area contributed by atoms with E-state index in [9.17, 15) is 92.8 Å². The van der Waals surface area contributed by atoms with E-state index in [4.69, 9.17) is 44.8 Å². The molecule has 6 N–H and O–H groups in total. The van der Waals surface area contributed by atoms with Crippen LogP contribution in [0.15, 0.2) is 213 Å². The van der Waals surface area contributed by atoms with Gasteiger partial charge in [-0.1, -0.05) is 71.7 Å². The highest BCUT2D eigenvalue weighted by molar-refractivity contribution is 9.13. The van der Waals surface area contributed by atoms with E-state index in [1.165, 1.54) is 147 Å². The van der Waals surface area contributed by atoms with E-state index in [-0.39, 0.29) is 64.2 Å². The first-order valence-corrected chi connectivity index (χ1v) is 45.4. The topological polar surface area (TPSA) is 477 Å². The molecule has 5 aromatic carbocycles. The lowest BCUT2D eigenvalue weighted by atomic mass is 9.80. The summed E-state index contributed by atoms with van der Waals surface area (Å²) in [6.07, 6.45) is 7.00. The lowest BCUT2D eigenvalue weighted by Crippen LogP contribution is -2.41. The number of nitrogens with one attached hydrogen (secondary N) is 2. The fourth-order valence-electron chi connectivity index (χ4n) is 12.6. The van der Waals surface area contributed by atoms with E-state index < -0.39 is 80.8 Å². The summed E-state index contributed by atoms with van der Waals surface area (Å²) in [4.78, 5) is 88.0. The third kappa shape index (κ3) is 27.0. The highest BCUT2D eigenvalue weighted by atomic mass is 79.9. The van der Waals surface area contributed by atoms with Gasteiger partial charge in [-0.2, -0.15) is 21.6 Å². The Kier molecular flexibility index (Phi) is 37.8. The number of hydrogen-bond acceptors (Lipinski definition) is 24. The normalized spacial score (nSPS) is 12.1. The molecule has 1 aliphatic rings. The summed E-state index contributed by atoms with van der Waals surface area (Å²) in [5.41, 5.74) is 8.83. The molecule has 39 nitrogen and oxygen atoms in total. The van der Waals surface area contributed by atoms with Crippen molar-refractivity contribution in [2.45, 2.75) is 105 Å². The first-order chi connectivity index (χ1) is 67.1. The molecule has 1 fully saturated rings. The Morgan fingerprint density at radius 3 is 1.20 bits per heavy atom. The van der Waals surface area contributed by atoms with E-state index >= 15 is 0 Å². The molecular formula is C86H74B2Br4F10N24O15S. The molecule has 1 saturated heterocycles. The van der Waals surface area contributed by atoms with Gasteiger partial charge in [0.1, 0.15) is 29.1 Å². The number of benzene rings is 5. The molecule has 56 heteroatoms. The molecule has 1 aliphatic heterocycles. The number of nitrogen functional groups attached to an aromatic ring is 1. The summed E-state index contributed by atoms with van der Waals surface area (Å²) in [7, 11) is -7.29. The number of alkyl halides is 5. The number of fused-ring (bicyclic) bond motifs is 3. The van der Waals surface area contributed by atoms with Crippen LogP contribution < -0.4 is 16.7 Å². The molecular weight excluding hydrogens is 2170 g/mol. The molecule has 0 spiro atoms. The number of nitrogens with two attached hydrogens (primary N) is 1. The van der Waals surface area contributed by atoms with Gasteiger partial charge in [-0.15, -0.1) is 0 Å². The molecule has 0 saturated carbocycles. The number of pyridine rings is 3. The van der Waals surface area contributed by atoms with Crippen molar-refractivity contribution in [3.05, 3.63) is 317 Å². The quantitative estimate of drug-likeness (QED) is 0.0101. The van der Waals surface area contributed by atoms with Crippen molar-refractivity contribution in [1.82, 2.24) is 76.7 Å². The second-order valence-electron chi connectivity index (χ2n) is 29.2. The first-order valence-electron chi connectivity index (χ1n) is 40.8. The summed E-state index contributed by atoms with van der Waals surface area (Å²) in [5.74, 6) is -2.09. The SMILES string of the molecule is CC.CCOS(=O)(=O)C(F)(F)F.CCn1c([N+](=O)[O-])nc(-c2ccc(F)cc2)c1Br.O=[N+]([O-])c1nc(-c2ccc(F)cc2)c(Br)[nH]1.O=[N+]([O-])c1nc(Br)c(Br)[nH]1.OB(O)c1ccc(F)cc1.[C-]#[N+]c1cnc2ccc(-c3c(-c4ccc(F)cc4)nc(N)n3CC(F)F)cn12.[C-]#[N+]c1cnc2ccc(-c3c(-c4ccc(F)cc4)nc([N+](=O)[O-])n3CC)cn12.[C-]#[N+]c1cnc2ccc(B3OC(C)(C)C(C)(C)O3)cn12. The Bertz CT molecular complexity index is 7430. The minimum absolute atomic E-state index is 0.0780. The number of H-pyrrole nitrogens is 2. The number of nitrogens with zero attached hydrogens (tertiary/aromatic N) is 21. The highest BCUT2D eigenvalue weighted by Crippen LogP contribution is 2.41. The highest BCUT2D eigenvalue weighted by Gasteiger charge is 2.52. The molecule has 0 unspecified atom stereocenters. The first kappa shape index (κ1) is 111. The summed E-state index contributed by atoms with van der Waals surface area (Å²) in [6, 6.07) is 38.0. The molecule has 0 amide bonds. The third-order valence-electron chi connectivity index (χ3n) is 19.8. The van der Waals surface area contributed by atoms with Crippen LogP contribution in [-0.4, -0.2) is 159 Å². The van der Waals surface area contributed by atoms with Crippen LogP contribution >= 0.6 is 63.7 Å². The summed E-state index contributed by atoms with van der Waals surface area (Å²) in [5, 5.41) is 60.0. The van der Waals surface area contributed by atoms with Crippen LogP contribution in [0.5, 0.6) is 0 Å². The molecule has 142 heavy (non-hydrogen) atoms. The lowest BCUT2D eigenvalue weighted by molar-refractivity contribution is -0.396. The second kappa shape index (κ2) is 48.4. The van der Waals surface area contributed by atoms with Crippen LogP contribution in [0, 0.1) is 89.3 Å². The van der Waals surface area contributed by atoms with E-state index in [1.807, 2.05) is 59.9 Å². The van der Waals surface area contributed by atoms with E-state index in [0.717, 1.165) is 18.0 Å². The molecule has 0 bridgehead atoms. The van der Waals surface area contributed by atoms with Gasteiger partial charge in [0.05, 0.1) is 91.6 Å². The Labute approximate surface area is 832 Å². The molecule has 17 rings (SSSR count). The largest absolute Gasteiger partial charge is 0.523 e. The number of rotatable bonds is 18. The molecule has 0 atom stereocenters. The number of aromatic nitrogens is 16. The standard InChI is InChI=1S/C19H13F3N6.C19H13FN6O2.C14H16BN3O2.C11H9BrFN3O2.C9H5BrFN3O2.C6H6BFO2.C3HBr2N3O2.C3H5F3O3S.C2H6/c1-24-16-8-25-15-7-4-12(9-27(15)16)18-17(11-2-5-13(20)6-3-11)26-19(23)28(18)10-14(21)22;1-3-24-18(13-6-9-15-22-10-16(21-2)25(15)11-13)17(23-19(24)26(27)28)12-4-7-14(20)8-5-12;1-13(2)14(3,4)20-15(19-13)10-6-7-11-17-8-12(16-5)18(11)9-10;1-2-15-10(12)9(14-11(15)16(17)18)7-3-5-8(13)6-4-7;10-8-7(12-9(13-8)14(15)16)5-1-3-6(11)4-2-5;8-6-3-1-5(2-4-6)7(9)10;4-1-2(5)7-3(6-1)8(9)10;1-2-9-10(7,8)3(4,5)6;1-2/h2-9,14H,10H2,(H2,23,26);4-11H,3H2,1H3;6-9H,1-4H3;3-6H,2H2,1H3;1-4H,(H,12,13);1-4,9-10H;(H,6,7);2H2,1H3;1-2H3. The average Bonchev–Trinajstić information content (AvgIpc) is 1.61. The predicted molar refractivity (Wildman–Crippen MR) is 517 cm³/mol. The van der Waals surface area contributed by atoms with Gasteiger partial charge in [-0.05, 0) is 259 Å². The fourth-order valence-corrected chi connectivity index (χ4v) is 14.8. The van der Waals surface area contributed by atoms with Gasteiger partial charge in [0.2, 0.25) is 27.5 Å². The number of aromatic amines is 2. The molecule has 16 aromatic rings. The minimum Gasteiger partial charge on any atom is -0.423 e. The molecule has 0 aliphatic carbocycles. The average molecular weight is 2250 g/mol. The van der Waals surface area contributed by atoms with Gasteiger partial charge in [0, 0.05) is 51.5 Å². The molecule has 11 aromatic heterocycles. The van der Waals surface area contributed by atoms with Crippen LogP contribution in [0.1, 0.15) is 62.3 Å². The van der Waals surface area contributed by atoms with Crippen LogP contribution in [0.4, 0.5) is 91.1 Å². The maximum Gasteiger partial charge on any atom is 0.523 e. The van der Waals surface area contributed by atoms with E-state index in [0.29, 0.717) is 127 Å². The van der Waals surface area contributed by atoms with E-state index in [2.05, 4.69) is 132 Å². The van der Waals surface area contributed by atoms with Gasteiger partial charge in [0.15, 0.2) is 36.6 Å². The monoisotopic (exact) mass is 2240 g/mol. The van der Waals surface area contributed by atoms with Crippen LogP contribution in [0.3, 0.4) is 0 Å². The predicted octanol–water partition coefficient (Wildman–Crippen LogP) is 20.6. The number of imidazole rings is 8. The van der Waals surface area contributed by atoms with Crippen molar-refractivity contribution >= 4 is 163 Å². The van der Waals surface area contributed by atoms with Gasteiger partial charge < -0.3 is 84.6 Å². The number of anilines is 1. The van der Waals surface area contributed by atoms with Gasteiger partial charge in [0.25, 0.3) is 23.9 Å². The van der Waals surface area contributed by atoms with Crippen LogP contribution in [0.25, 0.3) is 99.0 Å². The van der Waals surface area contributed by atoms with Gasteiger partial charge >= 0.3 is 53.7 Å². The summed E-state index contributed by atoms with van der Waals surface area (Å²) in [6.45, 7) is 38.1. The van der Waals surface area contributed by atoms with Crippen molar-refractivity contribution < 1.29 is 95.6 Å². The molecule has 0 radical (unpaired) electrons. The maximum atomic E-state index is 13.4. The summed E-state index contributed by atoms with van der Waals surface area (Å²) >= 11 is 12.4. The zero-order valence-corrected chi connectivity index (χ0v) is 82.1. The van der Waals surface area contributed by atoms with Crippen molar-refractivity contribution in [3.63, 3.8) is 0 Å². The van der Waals surface area contributed by atoms with Crippen molar-refractivity contribution in [3.8, 4) is 67.5 Å². The zero-order chi connectivity index (χ0) is 105. The van der Waals surface area contributed by atoms with Gasteiger partial charge in [-0.25, -0.2) is 83.0 Å². The Balaban J connectivity index is 0.000000186. The fraction of sp³-hybridized carbons (Fsp3) is 0.198.